The van der Waals surface area contributed by atoms with Crippen LogP contribution in [0, 0.1) is 0 Å². The first-order valence-corrected chi connectivity index (χ1v) is 3.01. The van der Waals surface area contributed by atoms with Gasteiger partial charge in [-0.25, -0.2) is 0 Å². The minimum Gasteiger partial charge on any atom is -0.724 e. The van der Waals surface area contributed by atoms with Crippen LogP contribution in [0.1, 0.15) is 0 Å². The van der Waals surface area contributed by atoms with Crippen LogP contribution in [-0.2, 0) is 75.0 Å². The Hall–Kier alpha value is -0.822. The van der Waals surface area contributed by atoms with Gasteiger partial charge in [0.2, 0.25) is 0 Å². The van der Waals surface area contributed by atoms with Gasteiger partial charge in [0.1, 0.15) is 17.1 Å². The number of isocyanates is 2. The Kier molecular flexibility index (Phi) is 23.3. The van der Waals surface area contributed by atoms with E-state index in [1.165, 1.54) is 0 Å². The van der Waals surface area contributed by atoms with E-state index < -0.39 is 17.1 Å². The average molecular weight is 405 g/mol. The summed E-state index contributed by atoms with van der Waals surface area (Å²) in [5.74, 6) is 0. The Labute approximate surface area is 148 Å². The molecule has 0 unspecified atom stereocenters. The number of hydrogen-bond acceptors (Lipinski definition) is 6. The first-order valence-electron chi connectivity index (χ1n) is 3.01. The maximum atomic E-state index is 10.2. The molecular weight excluding hydrogens is 404 g/mol. The third-order valence-electron chi connectivity index (χ3n) is 0.745. The summed E-state index contributed by atoms with van der Waals surface area (Å²) in [5.41, 5.74) is -3.82. The third kappa shape index (κ3) is 13.2. The summed E-state index contributed by atoms with van der Waals surface area (Å²) in [6, 6.07) is 0. The van der Waals surface area contributed by atoms with Crippen LogP contribution in [0.25, 0.3) is 10.8 Å². The molecule has 1 rings (SSSR count). The first kappa shape index (κ1) is 25.9. The molecule has 2 radical (unpaired) electrons. The molecular formula is C5HN5O6Y2-4. The Morgan fingerprint density at radius 2 is 1.17 bits per heavy atom. The Balaban J connectivity index is -0.000000106. The van der Waals surface area contributed by atoms with Gasteiger partial charge < -0.3 is 40.4 Å². The zero-order chi connectivity index (χ0) is 13.1. The smallest absolute Gasteiger partial charge is 0.135 e. The van der Waals surface area contributed by atoms with E-state index in [1.807, 2.05) is 0 Å². The summed E-state index contributed by atoms with van der Waals surface area (Å²) in [6.45, 7) is 0. The number of hydrogen-bond donors (Lipinski definition) is 1. The van der Waals surface area contributed by atoms with Gasteiger partial charge in [0.05, 0.1) is 0 Å². The molecule has 0 aliphatic rings. The second-order valence-corrected chi connectivity index (χ2v) is 1.57. The van der Waals surface area contributed by atoms with Crippen LogP contribution >= 0.6 is 0 Å². The van der Waals surface area contributed by atoms with Gasteiger partial charge in [-0.3, -0.25) is 14.3 Å². The van der Waals surface area contributed by atoms with Crippen LogP contribution in [0.2, 0.25) is 0 Å². The first-order chi connectivity index (χ1) is 7.44. The molecule has 0 spiro atoms. The minimum atomic E-state index is -1.31. The van der Waals surface area contributed by atoms with Crippen LogP contribution in [-0.4, -0.2) is 22.1 Å². The summed E-state index contributed by atoms with van der Waals surface area (Å²) in [5, 5.41) is 21.9. The number of aromatic nitrogens is 3. The van der Waals surface area contributed by atoms with Gasteiger partial charge in [-0.2, -0.15) is 0 Å². The molecule has 1 heterocycles. The Morgan fingerprint density at radius 3 is 1.39 bits per heavy atom. The van der Waals surface area contributed by atoms with Gasteiger partial charge in [0.15, 0.2) is 0 Å². The summed E-state index contributed by atoms with van der Waals surface area (Å²) in [7, 11) is 0. The van der Waals surface area contributed by atoms with Crippen molar-refractivity contribution in [3.05, 3.63) is 42.3 Å². The molecule has 0 saturated carbocycles. The van der Waals surface area contributed by atoms with Crippen molar-refractivity contribution in [1.82, 2.24) is 14.7 Å². The summed E-state index contributed by atoms with van der Waals surface area (Å²) < 4.78 is -0.346. The zero-order valence-corrected chi connectivity index (χ0v) is 14.1. The molecule has 18 heavy (non-hydrogen) atoms. The third-order valence-corrected chi connectivity index (χ3v) is 0.745. The second kappa shape index (κ2) is 16.2. The zero-order valence-electron chi connectivity index (χ0n) is 8.38. The van der Waals surface area contributed by atoms with Crippen molar-refractivity contribution in [1.29, 1.82) is 0 Å². The molecule has 0 fully saturated rings. The molecule has 11 nitrogen and oxygen atoms in total. The van der Waals surface area contributed by atoms with E-state index in [9.17, 15) is 14.4 Å². The molecule has 0 aromatic carbocycles. The van der Waals surface area contributed by atoms with Gasteiger partial charge in [0.25, 0.3) is 0 Å². The normalized spacial score (nSPS) is 6.22. The molecule has 0 bridgehead atoms. The largest absolute Gasteiger partial charge is 0.724 e. The fourth-order valence-electron chi connectivity index (χ4n) is 0.365. The van der Waals surface area contributed by atoms with Gasteiger partial charge in [-0.15, -0.1) is 0 Å². The predicted molar refractivity (Wildman–Crippen MR) is 45.2 cm³/mol. The SMILES string of the molecule is O=c1[n-]c(=O)n(O)c(=O)[n-]1.[N-]=C=O.[N-]=C=O.[Y].[Y]. The van der Waals surface area contributed by atoms with Crippen LogP contribution in [0.5, 0.6) is 0 Å². The van der Waals surface area contributed by atoms with Crippen LogP contribution < -0.4 is 27.0 Å². The molecule has 1 N–H and O–H groups in total. The fraction of sp³-hybridized carbons (Fsp3) is 0. The molecule has 0 amide bonds. The van der Waals surface area contributed by atoms with Gasteiger partial charge in [-0.1, -0.05) is 0 Å². The van der Waals surface area contributed by atoms with Crippen LogP contribution in [0.15, 0.2) is 14.4 Å². The number of rotatable bonds is 0. The van der Waals surface area contributed by atoms with E-state index in [0.29, 0.717) is 12.2 Å². The topological polar surface area (TPSA) is 183 Å². The van der Waals surface area contributed by atoms with Crippen molar-refractivity contribution in [3.63, 3.8) is 0 Å². The Morgan fingerprint density at radius 1 is 0.944 bits per heavy atom. The van der Waals surface area contributed by atoms with Crippen molar-refractivity contribution in [2.24, 2.45) is 0 Å². The monoisotopic (exact) mass is 405 g/mol. The van der Waals surface area contributed by atoms with E-state index in [4.69, 9.17) is 25.6 Å². The molecule has 1 aromatic rings. The predicted octanol–water partition coefficient (Wildman–Crippen LogP) is -3.50. The summed E-state index contributed by atoms with van der Waals surface area (Å²) >= 11 is 0. The van der Waals surface area contributed by atoms with Crippen molar-refractivity contribution < 1.29 is 80.2 Å². The Bertz CT molecular complexity index is 514. The maximum Gasteiger partial charge on any atom is 0.135 e. The van der Waals surface area contributed by atoms with E-state index >= 15 is 0 Å². The van der Waals surface area contributed by atoms with Crippen LogP contribution in [0.3, 0.4) is 0 Å². The van der Waals surface area contributed by atoms with E-state index in [-0.39, 0.29) is 70.1 Å². The summed E-state index contributed by atoms with van der Waals surface area (Å²) in [6.07, 6.45) is 1.00. The fourth-order valence-corrected chi connectivity index (χ4v) is 0.365. The molecule has 0 saturated heterocycles. The van der Waals surface area contributed by atoms with Crippen LogP contribution in [0.4, 0.5) is 0 Å². The number of nitrogens with zero attached hydrogens (tertiary/aromatic N) is 5. The van der Waals surface area contributed by atoms with E-state index in [0.717, 1.165) is 0 Å². The quantitative estimate of drug-likeness (QED) is 0.262. The molecule has 0 aliphatic heterocycles. The average Bonchev–Trinajstić information content (AvgIpc) is 2.16. The van der Waals surface area contributed by atoms with Crippen molar-refractivity contribution in [2.75, 3.05) is 0 Å². The van der Waals surface area contributed by atoms with E-state index in [1.54, 1.807) is 0 Å². The maximum absolute atomic E-state index is 10.2. The number of carbonyl (C=O) groups excluding carboxylic acids is 2. The van der Waals surface area contributed by atoms with Gasteiger partial charge in [-0.05, 0) is 12.2 Å². The summed E-state index contributed by atoms with van der Waals surface area (Å²) in [4.78, 5) is 52.3. The van der Waals surface area contributed by atoms with Gasteiger partial charge in [0, 0.05) is 65.4 Å². The van der Waals surface area contributed by atoms with Gasteiger partial charge >= 0.3 is 0 Å². The molecule has 1 aromatic heterocycles. The molecule has 0 atom stereocenters. The minimum absolute atomic E-state index is 0. The van der Waals surface area contributed by atoms with E-state index in [2.05, 4.69) is 9.97 Å². The molecule has 92 valence electrons. The van der Waals surface area contributed by atoms with Crippen molar-refractivity contribution in [2.45, 2.75) is 0 Å². The standard InChI is InChI=1S/C3H3N3O4.2CNO.2Y/c7-1-4-2(8)6(10)3(9)5-1;2*2-1-3;;/h10H,(H2,4,5,7,8,9);;;;/q;2*-1;;/p-2. The molecule has 13 heteroatoms. The van der Waals surface area contributed by atoms with Crippen molar-refractivity contribution >= 4 is 12.2 Å². The molecule has 0 aliphatic carbocycles. The van der Waals surface area contributed by atoms with Crippen molar-refractivity contribution in [3.8, 4) is 0 Å². The second-order valence-electron chi connectivity index (χ2n) is 1.57.